The number of alkyl halides is 1. The molecule has 2 N–H and O–H groups in total. The van der Waals surface area contributed by atoms with E-state index in [4.69, 9.17) is 5.73 Å². The smallest absolute Gasteiger partial charge is 0.139 e. The Hall–Kier alpha value is -0.530. The van der Waals surface area contributed by atoms with Gasteiger partial charge in [-0.2, -0.15) is 0 Å². The largest absolute Gasteiger partial charge is 0.400 e. The van der Waals surface area contributed by atoms with Crippen molar-refractivity contribution in [2.75, 3.05) is 0 Å². The van der Waals surface area contributed by atoms with Crippen LogP contribution in [0.3, 0.4) is 0 Å². The van der Waals surface area contributed by atoms with E-state index >= 15 is 0 Å². The molecule has 0 aromatic heterocycles. The van der Waals surface area contributed by atoms with E-state index < -0.39 is 6.17 Å². The lowest BCUT2D eigenvalue weighted by atomic mass is 10.0. The average molecular weight is 115 g/mol. The van der Waals surface area contributed by atoms with Gasteiger partial charge in [-0.25, -0.2) is 4.39 Å². The van der Waals surface area contributed by atoms with Gasteiger partial charge in [-0.05, 0) is 19.3 Å². The lowest BCUT2D eigenvalue weighted by Gasteiger charge is -2.12. The summed E-state index contributed by atoms with van der Waals surface area (Å²) in [6, 6.07) is 0. The van der Waals surface area contributed by atoms with Crippen LogP contribution in [0.5, 0.6) is 0 Å². The van der Waals surface area contributed by atoms with Crippen molar-refractivity contribution in [2.24, 2.45) is 5.73 Å². The standard InChI is InChI=1S/C6H10FN/c7-5-3-1-2-4-6(5)8/h4-5H,1-3,8H2. The topological polar surface area (TPSA) is 26.0 Å². The van der Waals surface area contributed by atoms with Gasteiger partial charge in [0.25, 0.3) is 0 Å². The summed E-state index contributed by atoms with van der Waals surface area (Å²) in [5.74, 6) is 0. The molecule has 0 saturated heterocycles. The van der Waals surface area contributed by atoms with Gasteiger partial charge in [0.1, 0.15) is 6.17 Å². The maximum absolute atomic E-state index is 12.4. The highest BCUT2D eigenvalue weighted by Gasteiger charge is 2.11. The van der Waals surface area contributed by atoms with E-state index in [9.17, 15) is 4.39 Å². The van der Waals surface area contributed by atoms with Gasteiger partial charge in [0.15, 0.2) is 0 Å². The van der Waals surface area contributed by atoms with Gasteiger partial charge >= 0.3 is 0 Å². The van der Waals surface area contributed by atoms with Crippen molar-refractivity contribution in [3.8, 4) is 0 Å². The summed E-state index contributed by atoms with van der Waals surface area (Å²) >= 11 is 0. The molecular weight excluding hydrogens is 105 g/mol. The first kappa shape index (κ1) is 5.60. The summed E-state index contributed by atoms with van der Waals surface area (Å²) in [5, 5.41) is 0. The first-order valence-electron chi connectivity index (χ1n) is 2.90. The monoisotopic (exact) mass is 115 g/mol. The molecule has 0 bridgehead atoms. The molecule has 46 valence electrons. The number of allylic oxidation sites excluding steroid dienone is 2. The van der Waals surface area contributed by atoms with E-state index in [1.54, 1.807) is 6.08 Å². The van der Waals surface area contributed by atoms with Crippen molar-refractivity contribution >= 4 is 0 Å². The number of hydrogen-bond donors (Lipinski definition) is 1. The molecule has 1 rings (SSSR count). The molecule has 1 atom stereocenters. The second-order valence-electron chi connectivity index (χ2n) is 2.10. The van der Waals surface area contributed by atoms with E-state index in [1.165, 1.54) is 0 Å². The minimum absolute atomic E-state index is 0.427. The predicted octanol–water partition coefficient (Wildman–Crippen LogP) is 1.35. The highest BCUT2D eigenvalue weighted by molar-refractivity contribution is 5.06. The molecule has 0 aliphatic heterocycles. The van der Waals surface area contributed by atoms with Gasteiger partial charge in [-0.15, -0.1) is 0 Å². The van der Waals surface area contributed by atoms with Crippen molar-refractivity contribution in [3.05, 3.63) is 11.8 Å². The zero-order valence-corrected chi connectivity index (χ0v) is 4.73. The predicted molar refractivity (Wildman–Crippen MR) is 31.0 cm³/mol. The van der Waals surface area contributed by atoms with Crippen LogP contribution in [0.4, 0.5) is 4.39 Å². The summed E-state index contributed by atoms with van der Waals surface area (Å²) in [7, 11) is 0. The number of rotatable bonds is 0. The van der Waals surface area contributed by atoms with Crippen LogP contribution in [-0.4, -0.2) is 6.17 Å². The second-order valence-corrected chi connectivity index (χ2v) is 2.10. The fourth-order valence-corrected chi connectivity index (χ4v) is 0.860. The van der Waals surface area contributed by atoms with Crippen LogP contribution in [-0.2, 0) is 0 Å². The molecule has 0 heterocycles. The summed E-state index contributed by atoms with van der Waals surface area (Å²) in [4.78, 5) is 0. The Morgan fingerprint density at radius 2 is 2.50 bits per heavy atom. The minimum atomic E-state index is -0.858. The van der Waals surface area contributed by atoms with Gasteiger partial charge in [-0.3, -0.25) is 0 Å². The molecule has 2 heteroatoms. The molecule has 1 unspecified atom stereocenters. The van der Waals surface area contributed by atoms with Gasteiger partial charge in [0, 0.05) is 5.70 Å². The molecule has 0 radical (unpaired) electrons. The van der Waals surface area contributed by atoms with E-state index in [2.05, 4.69) is 0 Å². The third kappa shape index (κ3) is 0.997. The molecule has 1 nitrogen and oxygen atoms in total. The van der Waals surface area contributed by atoms with Crippen LogP contribution in [0.15, 0.2) is 11.8 Å². The third-order valence-corrected chi connectivity index (χ3v) is 1.40. The first-order chi connectivity index (χ1) is 3.80. The molecule has 0 saturated carbocycles. The van der Waals surface area contributed by atoms with E-state index in [0.717, 1.165) is 12.8 Å². The van der Waals surface area contributed by atoms with Crippen molar-refractivity contribution < 1.29 is 4.39 Å². The second kappa shape index (κ2) is 2.16. The maximum Gasteiger partial charge on any atom is 0.139 e. The summed E-state index contributed by atoms with van der Waals surface area (Å²) in [6.45, 7) is 0. The van der Waals surface area contributed by atoms with E-state index in [-0.39, 0.29) is 0 Å². The summed E-state index contributed by atoms with van der Waals surface area (Å²) < 4.78 is 12.4. The SMILES string of the molecule is NC1=CCCCC1F. The molecule has 0 aromatic rings. The zero-order valence-electron chi connectivity index (χ0n) is 4.73. The van der Waals surface area contributed by atoms with Crippen LogP contribution in [0.2, 0.25) is 0 Å². The van der Waals surface area contributed by atoms with Crippen LogP contribution in [0.25, 0.3) is 0 Å². The van der Waals surface area contributed by atoms with Crippen molar-refractivity contribution in [1.29, 1.82) is 0 Å². The normalized spacial score (nSPS) is 29.6. The fraction of sp³-hybridized carbons (Fsp3) is 0.667. The Balaban J connectivity index is 2.53. The van der Waals surface area contributed by atoms with Crippen molar-refractivity contribution in [3.63, 3.8) is 0 Å². The van der Waals surface area contributed by atoms with Gasteiger partial charge in [-0.1, -0.05) is 6.08 Å². The first-order valence-corrected chi connectivity index (χ1v) is 2.90. The van der Waals surface area contributed by atoms with Crippen LogP contribution in [0.1, 0.15) is 19.3 Å². The molecule has 0 amide bonds. The lowest BCUT2D eigenvalue weighted by molar-refractivity contribution is 0.339. The summed E-state index contributed by atoms with van der Waals surface area (Å²) in [5.41, 5.74) is 5.69. The van der Waals surface area contributed by atoms with Crippen LogP contribution < -0.4 is 5.73 Å². The molecule has 1 aliphatic rings. The fourth-order valence-electron chi connectivity index (χ4n) is 0.860. The molecule has 1 aliphatic carbocycles. The highest BCUT2D eigenvalue weighted by atomic mass is 19.1. The van der Waals surface area contributed by atoms with Gasteiger partial charge in [0.05, 0.1) is 0 Å². The lowest BCUT2D eigenvalue weighted by Crippen LogP contribution is -2.15. The molecule has 0 spiro atoms. The van der Waals surface area contributed by atoms with E-state index in [1.807, 2.05) is 0 Å². The zero-order chi connectivity index (χ0) is 5.98. The number of halogens is 1. The molecular formula is C6H10FN. The van der Waals surface area contributed by atoms with Crippen molar-refractivity contribution in [2.45, 2.75) is 25.4 Å². The van der Waals surface area contributed by atoms with Crippen LogP contribution in [0, 0.1) is 0 Å². The quantitative estimate of drug-likeness (QED) is 0.506. The molecule has 0 aromatic carbocycles. The number of hydrogen-bond acceptors (Lipinski definition) is 1. The van der Waals surface area contributed by atoms with Gasteiger partial charge in [0.2, 0.25) is 0 Å². The average Bonchev–Trinajstić information content (AvgIpc) is 1.77. The Morgan fingerprint density at radius 1 is 1.75 bits per heavy atom. The van der Waals surface area contributed by atoms with Crippen molar-refractivity contribution in [1.82, 2.24) is 0 Å². The number of nitrogens with two attached hydrogens (primary N) is 1. The van der Waals surface area contributed by atoms with Gasteiger partial charge < -0.3 is 5.73 Å². The minimum Gasteiger partial charge on any atom is -0.400 e. The Bertz CT molecular complexity index is 109. The Morgan fingerprint density at radius 3 is 2.88 bits per heavy atom. The molecule has 0 fully saturated rings. The third-order valence-electron chi connectivity index (χ3n) is 1.40. The Labute approximate surface area is 48.4 Å². The maximum atomic E-state index is 12.4. The van der Waals surface area contributed by atoms with E-state index in [0.29, 0.717) is 12.1 Å². The highest BCUT2D eigenvalue weighted by Crippen LogP contribution is 2.16. The molecule has 8 heavy (non-hydrogen) atoms. The van der Waals surface area contributed by atoms with Crippen LogP contribution >= 0.6 is 0 Å². The Kier molecular flexibility index (Phi) is 1.51. The summed E-state index contributed by atoms with van der Waals surface area (Å²) in [6.07, 6.45) is 3.42.